The molecule has 0 unspecified atom stereocenters. The molecular weight excluding hydrogens is 289 g/mol. The first kappa shape index (κ1) is 14.9. The van der Waals surface area contributed by atoms with Gasteiger partial charge in [0.1, 0.15) is 10.8 Å². The van der Waals surface area contributed by atoms with Crippen LogP contribution in [0.15, 0.2) is 48.5 Å². The van der Waals surface area contributed by atoms with Crippen LogP contribution in [0.2, 0.25) is 0 Å². The minimum Gasteiger partial charge on any atom is -0.389 e. The van der Waals surface area contributed by atoms with Crippen LogP contribution in [0.3, 0.4) is 0 Å². The number of rotatable bonds is 4. The topological polar surface area (TPSA) is 67.1 Å². The number of amides is 2. The third-order valence-electron chi connectivity index (χ3n) is 2.79. The molecule has 0 saturated carbocycles. The maximum atomic E-state index is 13.2. The Bertz CT molecular complexity index is 661. The van der Waals surface area contributed by atoms with E-state index in [4.69, 9.17) is 18.0 Å². The lowest BCUT2D eigenvalue weighted by molar-refractivity contribution is 0.251. The minimum atomic E-state index is -0.465. The van der Waals surface area contributed by atoms with Gasteiger partial charge >= 0.3 is 6.03 Å². The molecule has 0 radical (unpaired) electrons. The van der Waals surface area contributed by atoms with Crippen molar-refractivity contribution in [1.82, 2.24) is 5.32 Å². The van der Waals surface area contributed by atoms with Crippen molar-refractivity contribution in [2.24, 2.45) is 5.73 Å². The second kappa shape index (κ2) is 6.81. The third kappa shape index (κ3) is 4.25. The van der Waals surface area contributed by atoms with Crippen LogP contribution < -0.4 is 16.4 Å². The van der Waals surface area contributed by atoms with E-state index in [-0.39, 0.29) is 4.99 Å². The molecule has 21 heavy (non-hydrogen) atoms. The fourth-order valence-electron chi connectivity index (χ4n) is 1.77. The lowest BCUT2D eigenvalue weighted by Crippen LogP contribution is -2.29. The van der Waals surface area contributed by atoms with Gasteiger partial charge in [-0.05, 0) is 23.8 Å². The summed E-state index contributed by atoms with van der Waals surface area (Å²) in [4.78, 5) is 11.9. The molecule has 0 saturated heterocycles. The van der Waals surface area contributed by atoms with Crippen molar-refractivity contribution >= 4 is 28.9 Å². The highest BCUT2D eigenvalue weighted by molar-refractivity contribution is 7.80. The first-order valence-electron chi connectivity index (χ1n) is 6.24. The average Bonchev–Trinajstić information content (AvgIpc) is 2.48. The molecule has 108 valence electrons. The van der Waals surface area contributed by atoms with E-state index in [1.165, 1.54) is 18.2 Å². The van der Waals surface area contributed by atoms with E-state index >= 15 is 0 Å². The van der Waals surface area contributed by atoms with Crippen molar-refractivity contribution in [1.29, 1.82) is 0 Å². The Labute approximate surface area is 127 Å². The number of benzene rings is 2. The van der Waals surface area contributed by atoms with Gasteiger partial charge in [-0.15, -0.1) is 0 Å². The second-order valence-electron chi connectivity index (χ2n) is 4.35. The Morgan fingerprint density at radius 1 is 1.19 bits per heavy atom. The summed E-state index contributed by atoms with van der Waals surface area (Å²) in [5.41, 5.74) is 7.15. The van der Waals surface area contributed by atoms with Gasteiger partial charge in [0.2, 0.25) is 0 Å². The number of nitrogens with one attached hydrogen (secondary N) is 2. The Morgan fingerprint density at radius 2 is 1.90 bits per heavy atom. The molecule has 2 aromatic rings. The highest BCUT2D eigenvalue weighted by Gasteiger charge is 2.09. The lowest BCUT2D eigenvalue weighted by Gasteiger charge is -2.11. The molecule has 0 fully saturated rings. The predicted octanol–water partition coefficient (Wildman–Crippen LogP) is 2.78. The summed E-state index contributed by atoms with van der Waals surface area (Å²) in [6.45, 7) is 0.385. The zero-order valence-electron chi connectivity index (χ0n) is 11.1. The largest absolute Gasteiger partial charge is 0.389 e. The smallest absolute Gasteiger partial charge is 0.319 e. The summed E-state index contributed by atoms with van der Waals surface area (Å²) in [6, 6.07) is 12.9. The molecule has 4 N–H and O–H groups in total. The van der Waals surface area contributed by atoms with E-state index in [1.54, 1.807) is 0 Å². The normalized spacial score (nSPS) is 9.95. The fourth-order valence-corrected chi connectivity index (χ4v) is 1.94. The van der Waals surface area contributed by atoms with Gasteiger partial charge < -0.3 is 16.4 Å². The van der Waals surface area contributed by atoms with Crippen LogP contribution in [0.25, 0.3) is 0 Å². The number of halogens is 1. The Kier molecular flexibility index (Phi) is 4.84. The molecule has 2 amide bonds. The molecule has 0 bridgehead atoms. The number of carbonyl (C=O) groups is 1. The maximum absolute atomic E-state index is 13.2. The zero-order valence-corrected chi connectivity index (χ0v) is 11.9. The van der Waals surface area contributed by atoms with Gasteiger partial charge in [0.15, 0.2) is 0 Å². The first-order valence-corrected chi connectivity index (χ1v) is 6.65. The van der Waals surface area contributed by atoms with Gasteiger partial charge in [0, 0.05) is 12.1 Å². The molecule has 2 aromatic carbocycles. The highest BCUT2D eigenvalue weighted by Crippen LogP contribution is 2.17. The molecule has 0 heterocycles. The summed E-state index contributed by atoms with van der Waals surface area (Å²) < 4.78 is 13.2. The van der Waals surface area contributed by atoms with Crippen LogP contribution in [0.5, 0.6) is 0 Å². The Morgan fingerprint density at radius 3 is 2.57 bits per heavy atom. The Balaban J connectivity index is 2.01. The van der Waals surface area contributed by atoms with Gasteiger partial charge in [0.25, 0.3) is 0 Å². The monoisotopic (exact) mass is 303 g/mol. The van der Waals surface area contributed by atoms with Crippen LogP contribution in [0.1, 0.15) is 11.1 Å². The van der Waals surface area contributed by atoms with Crippen molar-refractivity contribution in [2.45, 2.75) is 6.54 Å². The van der Waals surface area contributed by atoms with Gasteiger partial charge in [-0.25, -0.2) is 9.18 Å². The van der Waals surface area contributed by atoms with Gasteiger partial charge in [-0.1, -0.05) is 42.5 Å². The molecule has 6 heteroatoms. The summed E-state index contributed by atoms with van der Waals surface area (Å²) in [7, 11) is 0. The highest BCUT2D eigenvalue weighted by atomic mass is 32.1. The number of thiocarbonyl (C=S) groups is 1. The van der Waals surface area contributed by atoms with Crippen molar-refractivity contribution in [3.05, 3.63) is 65.5 Å². The van der Waals surface area contributed by atoms with Crippen LogP contribution >= 0.6 is 12.2 Å². The van der Waals surface area contributed by atoms with E-state index in [1.807, 2.05) is 30.3 Å². The number of urea groups is 1. The first-order chi connectivity index (χ1) is 10.1. The molecule has 0 aliphatic carbocycles. The van der Waals surface area contributed by atoms with Crippen molar-refractivity contribution in [3.8, 4) is 0 Å². The molecule has 4 nitrogen and oxygen atoms in total. The second-order valence-corrected chi connectivity index (χ2v) is 4.79. The summed E-state index contributed by atoms with van der Waals surface area (Å²) in [5, 5.41) is 5.31. The SMILES string of the molecule is NC(=S)c1cc(F)ccc1NC(=O)NCc1ccccc1. The van der Waals surface area contributed by atoms with Crippen LogP contribution in [0, 0.1) is 5.82 Å². The number of anilines is 1. The van der Waals surface area contributed by atoms with Crippen molar-refractivity contribution in [3.63, 3.8) is 0 Å². The van der Waals surface area contributed by atoms with E-state index in [2.05, 4.69) is 10.6 Å². The number of hydrogen-bond donors (Lipinski definition) is 3. The molecule has 0 aliphatic rings. The summed E-state index contributed by atoms with van der Waals surface area (Å²) >= 11 is 4.84. The van der Waals surface area contributed by atoms with Gasteiger partial charge in [-0.2, -0.15) is 0 Å². The summed E-state index contributed by atoms with van der Waals surface area (Å²) in [6.07, 6.45) is 0. The standard InChI is InChI=1S/C15H14FN3OS/c16-11-6-7-13(12(8-11)14(17)21)19-15(20)18-9-10-4-2-1-3-5-10/h1-8H,9H2,(H2,17,21)(H2,18,19,20). The average molecular weight is 303 g/mol. The van der Waals surface area contributed by atoms with Gasteiger partial charge in [-0.3, -0.25) is 0 Å². The zero-order chi connectivity index (χ0) is 15.2. The van der Waals surface area contributed by atoms with E-state index < -0.39 is 11.8 Å². The van der Waals surface area contributed by atoms with E-state index in [9.17, 15) is 9.18 Å². The quantitative estimate of drug-likeness (QED) is 0.761. The molecular formula is C15H14FN3OS. The minimum absolute atomic E-state index is 0.0212. The Hall–Kier alpha value is -2.47. The summed E-state index contributed by atoms with van der Waals surface area (Å²) in [5.74, 6) is -0.465. The predicted molar refractivity (Wildman–Crippen MR) is 84.6 cm³/mol. The number of nitrogens with two attached hydrogens (primary N) is 1. The maximum Gasteiger partial charge on any atom is 0.319 e. The lowest BCUT2D eigenvalue weighted by atomic mass is 10.1. The van der Waals surface area contributed by atoms with Gasteiger partial charge in [0.05, 0.1) is 5.69 Å². The fraction of sp³-hybridized carbons (Fsp3) is 0.0667. The third-order valence-corrected chi connectivity index (χ3v) is 3.01. The molecule has 2 rings (SSSR count). The van der Waals surface area contributed by atoms with Crippen molar-refractivity contribution < 1.29 is 9.18 Å². The van der Waals surface area contributed by atoms with Crippen molar-refractivity contribution in [2.75, 3.05) is 5.32 Å². The van der Waals surface area contributed by atoms with Crippen LogP contribution in [-0.4, -0.2) is 11.0 Å². The molecule has 0 atom stereocenters. The molecule has 0 aliphatic heterocycles. The molecule has 0 spiro atoms. The number of carbonyl (C=O) groups excluding carboxylic acids is 1. The van der Waals surface area contributed by atoms with E-state index in [0.717, 1.165) is 5.56 Å². The molecule has 0 aromatic heterocycles. The van der Waals surface area contributed by atoms with Crippen LogP contribution in [0.4, 0.5) is 14.9 Å². The van der Waals surface area contributed by atoms with E-state index in [0.29, 0.717) is 17.8 Å². The number of hydrogen-bond acceptors (Lipinski definition) is 2. The van der Waals surface area contributed by atoms with Crippen LogP contribution in [-0.2, 0) is 6.54 Å².